The smallest absolute Gasteiger partial charge is 0.238 e. The molecule has 130 valence electrons. The maximum Gasteiger partial charge on any atom is 0.238 e. The van der Waals surface area contributed by atoms with Gasteiger partial charge in [-0.25, -0.2) is 0 Å². The van der Waals surface area contributed by atoms with Gasteiger partial charge in [0.15, 0.2) is 0 Å². The first-order valence-electron chi connectivity index (χ1n) is 7.42. The molecule has 0 fully saturated rings. The van der Waals surface area contributed by atoms with Crippen molar-refractivity contribution in [3.63, 3.8) is 0 Å². The van der Waals surface area contributed by atoms with E-state index in [9.17, 15) is 14.7 Å². The number of rotatable bonds is 12. The maximum absolute atomic E-state index is 12.0. The topological polar surface area (TPSA) is 141 Å². The van der Waals surface area contributed by atoms with Crippen LogP contribution in [0, 0.1) is 0 Å². The van der Waals surface area contributed by atoms with E-state index in [0.717, 1.165) is 0 Å². The first-order valence-corrected chi connectivity index (χ1v) is 7.42. The molecule has 0 heterocycles. The minimum Gasteiger partial charge on any atom is -0.390 e. The Morgan fingerprint density at radius 3 is 2.09 bits per heavy atom. The molecule has 0 rings (SSSR count). The average Bonchev–Trinajstić information content (AvgIpc) is 2.50. The van der Waals surface area contributed by atoms with Crippen molar-refractivity contribution in [1.82, 2.24) is 26.6 Å². The predicted molar refractivity (Wildman–Crippen MR) is 85.3 cm³/mol. The molecule has 0 aromatic heterocycles. The van der Waals surface area contributed by atoms with Crippen molar-refractivity contribution in [1.29, 1.82) is 0 Å². The summed E-state index contributed by atoms with van der Waals surface area (Å²) in [7, 11) is 5.06. The standard InChI is InChI=1S/C13H30N6O3/c1-15-7-9(20)8-19-12(21)10(16-2)4-5-18-13(22)11(6-14)17-3/h9-11,15-17,20H,4-8,14H2,1-3H3,(H,18,22)(H,19,21)/t9?,10-,11-/m0/s1. The Labute approximate surface area is 131 Å². The highest BCUT2D eigenvalue weighted by molar-refractivity contribution is 5.83. The van der Waals surface area contributed by atoms with Gasteiger partial charge in [0.1, 0.15) is 0 Å². The molecule has 3 atom stereocenters. The molecule has 0 saturated heterocycles. The van der Waals surface area contributed by atoms with Crippen LogP contribution in [-0.2, 0) is 9.59 Å². The van der Waals surface area contributed by atoms with Gasteiger partial charge in [-0.1, -0.05) is 0 Å². The van der Waals surface area contributed by atoms with Gasteiger partial charge in [0, 0.05) is 26.2 Å². The van der Waals surface area contributed by atoms with Crippen LogP contribution in [0.2, 0.25) is 0 Å². The van der Waals surface area contributed by atoms with Crippen LogP contribution in [0.4, 0.5) is 0 Å². The van der Waals surface area contributed by atoms with Gasteiger partial charge in [0.2, 0.25) is 11.8 Å². The number of aliphatic hydroxyl groups is 1. The lowest BCUT2D eigenvalue weighted by Gasteiger charge is -2.19. The first kappa shape index (κ1) is 20.7. The van der Waals surface area contributed by atoms with Gasteiger partial charge in [0.25, 0.3) is 0 Å². The van der Waals surface area contributed by atoms with Crippen LogP contribution in [0.1, 0.15) is 6.42 Å². The largest absolute Gasteiger partial charge is 0.390 e. The molecule has 9 heteroatoms. The second-order valence-electron chi connectivity index (χ2n) is 4.95. The monoisotopic (exact) mass is 318 g/mol. The van der Waals surface area contributed by atoms with Crippen molar-refractivity contribution < 1.29 is 14.7 Å². The Balaban J connectivity index is 4.09. The minimum atomic E-state index is -0.632. The third-order valence-corrected chi connectivity index (χ3v) is 3.25. The molecule has 0 saturated carbocycles. The van der Waals surface area contributed by atoms with E-state index in [1.807, 2.05) is 0 Å². The van der Waals surface area contributed by atoms with E-state index in [4.69, 9.17) is 5.73 Å². The summed E-state index contributed by atoms with van der Waals surface area (Å²) in [6.07, 6.45) is -0.191. The van der Waals surface area contributed by atoms with E-state index in [1.165, 1.54) is 0 Å². The number of carbonyl (C=O) groups is 2. The number of nitrogens with one attached hydrogen (secondary N) is 5. The van der Waals surface area contributed by atoms with Crippen LogP contribution in [0.5, 0.6) is 0 Å². The lowest BCUT2D eigenvalue weighted by atomic mass is 10.2. The third-order valence-electron chi connectivity index (χ3n) is 3.25. The highest BCUT2D eigenvalue weighted by atomic mass is 16.3. The Hall–Kier alpha value is -1.26. The van der Waals surface area contributed by atoms with Gasteiger partial charge in [-0.05, 0) is 27.6 Å². The molecule has 8 N–H and O–H groups in total. The molecule has 0 aliphatic rings. The number of likely N-dealkylation sites (N-methyl/N-ethyl adjacent to an activating group) is 3. The zero-order valence-electron chi connectivity index (χ0n) is 13.6. The van der Waals surface area contributed by atoms with E-state index >= 15 is 0 Å². The lowest BCUT2D eigenvalue weighted by molar-refractivity contribution is -0.125. The predicted octanol–water partition coefficient (Wildman–Crippen LogP) is -3.68. The summed E-state index contributed by atoms with van der Waals surface area (Å²) in [5.74, 6) is -0.402. The number of amides is 2. The van der Waals surface area contributed by atoms with Gasteiger partial charge < -0.3 is 37.4 Å². The molecule has 0 aromatic rings. The van der Waals surface area contributed by atoms with Crippen LogP contribution in [0.3, 0.4) is 0 Å². The van der Waals surface area contributed by atoms with Crippen LogP contribution in [-0.4, -0.2) is 82.4 Å². The summed E-state index contributed by atoms with van der Waals surface area (Å²) in [5.41, 5.74) is 5.45. The van der Waals surface area contributed by atoms with Gasteiger partial charge in [0.05, 0.1) is 18.2 Å². The fourth-order valence-corrected chi connectivity index (χ4v) is 1.87. The Morgan fingerprint density at radius 1 is 1.00 bits per heavy atom. The normalized spacial score (nSPS) is 15.0. The lowest BCUT2D eigenvalue weighted by Crippen LogP contribution is -2.50. The van der Waals surface area contributed by atoms with E-state index in [2.05, 4.69) is 26.6 Å². The van der Waals surface area contributed by atoms with Crippen LogP contribution in [0.15, 0.2) is 0 Å². The fraction of sp³-hybridized carbons (Fsp3) is 0.846. The number of carbonyl (C=O) groups excluding carboxylic acids is 2. The summed E-state index contributed by atoms with van der Waals surface area (Å²) < 4.78 is 0. The summed E-state index contributed by atoms with van der Waals surface area (Å²) in [5, 5.41) is 23.5. The summed E-state index contributed by atoms with van der Waals surface area (Å²) in [6.45, 7) is 1.15. The Bertz CT molecular complexity index is 325. The second-order valence-corrected chi connectivity index (χ2v) is 4.95. The summed E-state index contributed by atoms with van der Waals surface area (Å²) in [6, 6.07) is -0.869. The fourth-order valence-electron chi connectivity index (χ4n) is 1.87. The molecule has 0 aliphatic carbocycles. The van der Waals surface area contributed by atoms with Gasteiger partial charge in [-0.15, -0.1) is 0 Å². The highest BCUT2D eigenvalue weighted by Crippen LogP contribution is 1.92. The van der Waals surface area contributed by atoms with Crippen LogP contribution < -0.4 is 32.3 Å². The van der Waals surface area contributed by atoms with Crippen molar-refractivity contribution in [2.45, 2.75) is 24.6 Å². The average molecular weight is 318 g/mol. The number of aliphatic hydroxyl groups excluding tert-OH is 1. The van der Waals surface area contributed by atoms with Crippen molar-refractivity contribution in [2.75, 3.05) is 47.3 Å². The molecule has 9 nitrogen and oxygen atoms in total. The Kier molecular flexibility index (Phi) is 11.6. The first-order chi connectivity index (χ1) is 10.5. The van der Waals surface area contributed by atoms with E-state index in [-0.39, 0.29) is 24.9 Å². The molecule has 2 amide bonds. The van der Waals surface area contributed by atoms with Gasteiger partial charge in [-0.2, -0.15) is 0 Å². The molecule has 22 heavy (non-hydrogen) atoms. The molecule has 0 aromatic carbocycles. The molecule has 0 radical (unpaired) electrons. The quantitative estimate of drug-likeness (QED) is 0.197. The maximum atomic E-state index is 12.0. The zero-order valence-corrected chi connectivity index (χ0v) is 13.6. The van der Waals surface area contributed by atoms with Crippen molar-refractivity contribution in [3.8, 4) is 0 Å². The van der Waals surface area contributed by atoms with Crippen molar-refractivity contribution in [2.24, 2.45) is 5.73 Å². The molecule has 0 spiro atoms. The molecular weight excluding hydrogens is 288 g/mol. The number of hydrogen-bond donors (Lipinski definition) is 7. The number of nitrogens with two attached hydrogens (primary N) is 1. The minimum absolute atomic E-state index is 0.180. The van der Waals surface area contributed by atoms with Gasteiger partial charge >= 0.3 is 0 Å². The second kappa shape index (κ2) is 12.3. The zero-order chi connectivity index (χ0) is 17.0. The van der Waals surface area contributed by atoms with Crippen molar-refractivity contribution >= 4 is 11.8 Å². The SMILES string of the molecule is CNCC(O)CNC(=O)[C@H](CCNC(=O)[C@H](CN)NC)NC. The van der Waals surface area contributed by atoms with E-state index in [0.29, 0.717) is 19.5 Å². The Morgan fingerprint density at radius 2 is 1.59 bits per heavy atom. The van der Waals surface area contributed by atoms with E-state index in [1.54, 1.807) is 21.1 Å². The third kappa shape index (κ3) is 8.25. The summed E-state index contributed by atoms with van der Waals surface area (Å²) >= 11 is 0. The van der Waals surface area contributed by atoms with Crippen LogP contribution in [0.25, 0.3) is 0 Å². The molecule has 1 unspecified atom stereocenters. The van der Waals surface area contributed by atoms with Gasteiger partial charge in [-0.3, -0.25) is 9.59 Å². The van der Waals surface area contributed by atoms with Crippen LogP contribution >= 0.6 is 0 Å². The molecular formula is C13H30N6O3. The van der Waals surface area contributed by atoms with E-state index < -0.39 is 18.2 Å². The summed E-state index contributed by atoms with van der Waals surface area (Å²) in [4.78, 5) is 23.7. The molecule has 0 bridgehead atoms. The highest BCUT2D eigenvalue weighted by Gasteiger charge is 2.18. The molecule has 0 aliphatic heterocycles. The number of hydrogen-bond acceptors (Lipinski definition) is 7. The van der Waals surface area contributed by atoms with Crippen molar-refractivity contribution in [3.05, 3.63) is 0 Å².